The first-order chi connectivity index (χ1) is 16.7. The lowest BCUT2D eigenvalue weighted by Crippen LogP contribution is -2.48. The van der Waals surface area contributed by atoms with E-state index < -0.39 is 36.0 Å². The van der Waals surface area contributed by atoms with Crippen LogP contribution in [0.3, 0.4) is 0 Å². The molecule has 0 saturated carbocycles. The van der Waals surface area contributed by atoms with Crippen molar-refractivity contribution < 1.29 is 33.8 Å². The number of rotatable bonds is 8. The largest absolute Gasteiger partial charge is 0.478 e. The van der Waals surface area contributed by atoms with Crippen LogP contribution in [-0.2, 0) is 19.1 Å². The molecule has 0 heterocycles. The zero-order valence-corrected chi connectivity index (χ0v) is 19.7. The standard InChI is InChI=1S/C25H19Cl2NO7/c1-14-8-2-7-13-19(14)28-22(29)20(34-24(32)15-9-3-5-11-17(15)26)21(23(30)31)35-25(33)16-10-4-6-12-18(16)27/h2-13,20-21H,1H3,(H,28,29)(H,30,31)/t20-,21-/m1/s1. The minimum atomic E-state index is -2.20. The van der Waals surface area contributed by atoms with Gasteiger partial charge < -0.3 is 19.9 Å². The summed E-state index contributed by atoms with van der Waals surface area (Å²) in [6.07, 6.45) is -4.27. The van der Waals surface area contributed by atoms with E-state index in [4.69, 9.17) is 32.7 Å². The van der Waals surface area contributed by atoms with Gasteiger partial charge in [-0.1, -0.05) is 65.7 Å². The number of ether oxygens (including phenoxy) is 2. The Morgan fingerprint density at radius 1 is 0.743 bits per heavy atom. The monoisotopic (exact) mass is 515 g/mol. The molecule has 0 aliphatic heterocycles. The summed E-state index contributed by atoms with van der Waals surface area (Å²) in [6, 6.07) is 18.3. The van der Waals surface area contributed by atoms with Gasteiger partial charge in [0.15, 0.2) is 0 Å². The number of amides is 1. The topological polar surface area (TPSA) is 119 Å². The second-order valence-electron chi connectivity index (χ2n) is 7.25. The molecule has 2 atom stereocenters. The van der Waals surface area contributed by atoms with Crippen LogP contribution in [0.2, 0.25) is 10.0 Å². The van der Waals surface area contributed by atoms with Crippen LogP contribution in [0.25, 0.3) is 0 Å². The van der Waals surface area contributed by atoms with E-state index in [2.05, 4.69) is 5.32 Å². The summed E-state index contributed by atoms with van der Waals surface area (Å²) < 4.78 is 10.4. The van der Waals surface area contributed by atoms with E-state index in [1.165, 1.54) is 36.4 Å². The molecule has 10 heteroatoms. The van der Waals surface area contributed by atoms with E-state index in [-0.39, 0.29) is 21.2 Å². The number of para-hydroxylation sites is 1. The Morgan fingerprint density at radius 3 is 1.69 bits per heavy atom. The number of carbonyl (C=O) groups excluding carboxylic acids is 3. The van der Waals surface area contributed by atoms with Gasteiger partial charge in [-0.15, -0.1) is 0 Å². The third-order valence-electron chi connectivity index (χ3n) is 4.84. The van der Waals surface area contributed by atoms with E-state index in [0.29, 0.717) is 11.3 Å². The third-order valence-corrected chi connectivity index (χ3v) is 5.49. The Bertz CT molecular complexity index is 1280. The van der Waals surface area contributed by atoms with Crippen LogP contribution in [-0.4, -0.2) is 41.1 Å². The normalized spacial score (nSPS) is 12.2. The number of benzene rings is 3. The van der Waals surface area contributed by atoms with E-state index in [1.807, 2.05) is 0 Å². The Kier molecular flexibility index (Phi) is 8.46. The molecule has 0 bridgehead atoms. The molecule has 0 saturated heterocycles. The SMILES string of the molecule is Cc1ccccc1NC(=O)[C@H](OC(=O)c1ccccc1Cl)[C@@H](OC(=O)c1ccccc1Cl)C(=O)O. The summed E-state index contributed by atoms with van der Waals surface area (Å²) in [5.74, 6) is -4.95. The second kappa shape index (κ2) is 11.5. The fraction of sp³-hybridized carbons (Fsp3) is 0.120. The van der Waals surface area contributed by atoms with Gasteiger partial charge in [0.2, 0.25) is 12.2 Å². The fourth-order valence-electron chi connectivity index (χ4n) is 3.02. The van der Waals surface area contributed by atoms with Gasteiger partial charge in [0, 0.05) is 5.69 Å². The van der Waals surface area contributed by atoms with Gasteiger partial charge in [0.25, 0.3) is 5.91 Å². The molecule has 3 aromatic carbocycles. The number of aryl methyl sites for hydroxylation is 1. The number of hydrogen-bond donors (Lipinski definition) is 2. The summed E-state index contributed by atoms with van der Waals surface area (Å²) in [4.78, 5) is 50.7. The van der Waals surface area contributed by atoms with Gasteiger partial charge in [-0.3, -0.25) is 4.79 Å². The van der Waals surface area contributed by atoms with Crippen molar-refractivity contribution in [3.63, 3.8) is 0 Å². The molecule has 2 N–H and O–H groups in total. The third kappa shape index (κ3) is 6.38. The summed E-state index contributed by atoms with van der Waals surface area (Å²) >= 11 is 12.0. The Labute approximate surface area is 210 Å². The number of carboxylic acids is 1. The Morgan fingerprint density at radius 2 is 1.20 bits per heavy atom. The van der Waals surface area contributed by atoms with Crippen molar-refractivity contribution in [1.82, 2.24) is 0 Å². The van der Waals surface area contributed by atoms with E-state index >= 15 is 0 Å². The van der Waals surface area contributed by atoms with Crippen LogP contribution in [0.1, 0.15) is 26.3 Å². The molecule has 8 nitrogen and oxygen atoms in total. The highest BCUT2D eigenvalue weighted by atomic mass is 35.5. The molecule has 0 unspecified atom stereocenters. The van der Waals surface area contributed by atoms with Crippen LogP contribution in [0.15, 0.2) is 72.8 Å². The molecule has 35 heavy (non-hydrogen) atoms. The summed E-state index contributed by atoms with van der Waals surface area (Å²) in [6.45, 7) is 1.71. The number of anilines is 1. The van der Waals surface area contributed by atoms with Gasteiger partial charge >= 0.3 is 17.9 Å². The lowest BCUT2D eigenvalue weighted by molar-refractivity contribution is -0.157. The molecule has 3 aromatic rings. The molecule has 0 aliphatic rings. The highest BCUT2D eigenvalue weighted by molar-refractivity contribution is 6.34. The van der Waals surface area contributed by atoms with Gasteiger partial charge in [-0.05, 0) is 42.8 Å². The minimum absolute atomic E-state index is 0.00983. The van der Waals surface area contributed by atoms with Crippen molar-refractivity contribution >= 4 is 52.7 Å². The lowest BCUT2D eigenvalue weighted by Gasteiger charge is -2.24. The van der Waals surface area contributed by atoms with Crippen molar-refractivity contribution in [1.29, 1.82) is 0 Å². The van der Waals surface area contributed by atoms with Gasteiger partial charge in [-0.25, -0.2) is 14.4 Å². The van der Waals surface area contributed by atoms with Gasteiger partial charge in [0.05, 0.1) is 21.2 Å². The maximum Gasteiger partial charge on any atom is 0.349 e. The molecular formula is C25H19Cl2NO7. The molecule has 0 fully saturated rings. The van der Waals surface area contributed by atoms with E-state index in [0.717, 1.165) is 0 Å². The predicted octanol–water partition coefficient (Wildman–Crippen LogP) is 4.78. The predicted molar refractivity (Wildman–Crippen MR) is 129 cm³/mol. The number of nitrogens with one attached hydrogen (secondary N) is 1. The molecule has 180 valence electrons. The van der Waals surface area contributed by atoms with Crippen LogP contribution in [0, 0.1) is 6.92 Å². The molecule has 0 spiro atoms. The number of esters is 2. The number of aliphatic carboxylic acids is 1. The van der Waals surface area contributed by atoms with Crippen LogP contribution in [0.4, 0.5) is 5.69 Å². The van der Waals surface area contributed by atoms with Crippen LogP contribution >= 0.6 is 23.2 Å². The average molecular weight is 516 g/mol. The van der Waals surface area contributed by atoms with Crippen molar-refractivity contribution in [3.8, 4) is 0 Å². The zero-order valence-electron chi connectivity index (χ0n) is 18.2. The van der Waals surface area contributed by atoms with E-state index in [1.54, 1.807) is 43.3 Å². The molecule has 0 radical (unpaired) electrons. The number of hydrogen-bond acceptors (Lipinski definition) is 6. The second-order valence-corrected chi connectivity index (χ2v) is 8.07. The summed E-state index contributed by atoms with van der Waals surface area (Å²) in [5.41, 5.74) is 0.773. The van der Waals surface area contributed by atoms with Crippen molar-refractivity contribution in [2.24, 2.45) is 0 Å². The fourth-order valence-corrected chi connectivity index (χ4v) is 3.45. The Hall–Kier alpha value is -3.88. The highest BCUT2D eigenvalue weighted by Gasteiger charge is 2.41. The molecular weight excluding hydrogens is 497 g/mol. The quantitative estimate of drug-likeness (QED) is 0.414. The summed E-state index contributed by atoms with van der Waals surface area (Å²) in [5, 5.41) is 12.4. The molecule has 0 aromatic heterocycles. The lowest BCUT2D eigenvalue weighted by atomic mass is 10.1. The van der Waals surface area contributed by atoms with Crippen LogP contribution < -0.4 is 5.32 Å². The van der Waals surface area contributed by atoms with Crippen molar-refractivity contribution in [2.75, 3.05) is 5.32 Å². The number of carboxylic acid groups (broad SMARTS) is 1. The first-order valence-electron chi connectivity index (χ1n) is 10.2. The highest BCUT2D eigenvalue weighted by Crippen LogP contribution is 2.22. The molecule has 3 rings (SSSR count). The van der Waals surface area contributed by atoms with Crippen molar-refractivity contribution in [3.05, 3.63) is 99.5 Å². The average Bonchev–Trinajstić information content (AvgIpc) is 2.82. The molecule has 0 aliphatic carbocycles. The Balaban J connectivity index is 1.95. The smallest absolute Gasteiger partial charge is 0.349 e. The van der Waals surface area contributed by atoms with E-state index in [9.17, 15) is 24.3 Å². The van der Waals surface area contributed by atoms with Gasteiger partial charge in [-0.2, -0.15) is 0 Å². The number of halogens is 2. The minimum Gasteiger partial charge on any atom is -0.478 e. The maximum atomic E-state index is 13.1. The van der Waals surface area contributed by atoms with Crippen molar-refractivity contribution in [2.45, 2.75) is 19.1 Å². The molecule has 1 amide bonds. The maximum absolute atomic E-state index is 13.1. The summed E-state index contributed by atoms with van der Waals surface area (Å²) in [7, 11) is 0. The van der Waals surface area contributed by atoms with Gasteiger partial charge in [0.1, 0.15) is 0 Å². The first-order valence-corrected chi connectivity index (χ1v) is 10.9. The number of carbonyl (C=O) groups is 4. The first kappa shape index (κ1) is 25.7. The van der Waals surface area contributed by atoms with Crippen LogP contribution in [0.5, 0.6) is 0 Å². The zero-order chi connectivity index (χ0) is 25.5.